The van der Waals surface area contributed by atoms with Crippen LogP contribution >= 0.6 is 22.7 Å². The lowest BCUT2D eigenvalue weighted by Gasteiger charge is -2.37. The summed E-state index contributed by atoms with van der Waals surface area (Å²) >= 11 is 3.34. The lowest BCUT2D eigenvalue weighted by Crippen LogP contribution is -2.42. The zero-order valence-corrected chi connectivity index (χ0v) is 21.9. The van der Waals surface area contributed by atoms with Crippen molar-refractivity contribution in [3.8, 4) is 10.7 Å². The third-order valence-electron chi connectivity index (χ3n) is 5.56. The van der Waals surface area contributed by atoms with Crippen LogP contribution < -0.4 is 0 Å². The fourth-order valence-corrected chi connectivity index (χ4v) is 5.23. The number of ether oxygens (including phenoxy) is 1. The molecule has 0 aliphatic rings. The molecule has 29 heavy (non-hydrogen) atoms. The maximum atomic E-state index is 6.38. The summed E-state index contributed by atoms with van der Waals surface area (Å²) in [5.74, 6) is 0.723. The molecule has 2 aromatic rings. The molecule has 2 aromatic heterocycles. The van der Waals surface area contributed by atoms with Gasteiger partial charge in [0.1, 0.15) is 10.7 Å². The molecule has 2 heterocycles. The molecule has 0 aliphatic heterocycles. The summed E-state index contributed by atoms with van der Waals surface area (Å²) in [6, 6.07) is 0. The Bertz CT molecular complexity index is 806. The minimum Gasteiger partial charge on any atom is -0.416 e. The summed E-state index contributed by atoms with van der Waals surface area (Å²) < 4.78 is 12.1. The van der Waals surface area contributed by atoms with Crippen LogP contribution in [0.4, 0.5) is 0 Å². The van der Waals surface area contributed by atoms with E-state index in [0.29, 0.717) is 12.5 Å². The van der Waals surface area contributed by atoms with Gasteiger partial charge in [0.15, 0.2) is 8.32 Å². The first-order chi connectivity index (χ1) is 13.4. The normalized spacial score (nSPS) is 15.4. The van der Waals surface area contributed by atoms with Crippen LogP contribution in [-0.4, -0.2) is 38.1 Å². The third kappa shape index (κ3) is 6.56. The standard InChI is InChI=1S/C22H36N2O2S2Si/c1-15(2)20-24-18(14-28-20)21-23-17(13-27-21)10-11-19(25-7)16(3)12-26-29(8,9)22(4,5)6/h10-11,13-16,19H,12H2,1-9H3/b11-10+/t16-,19+/m1/s1. The van der Waals surface area contributed by atoms with Gasteiger partial charge in [0.05, 0.1) is 16.8 Å². The second-order valence-electron chi connectivity index (χ2n) is 9.41. The summed E-state index contributed by atoms with van der Waals surface area (Å²) in [7, 11) is 0.00713. The molecule has 0 aliphatic carbocycles. The van der Waals surface area contributed by atoms with Crippen LogP contribution in [-0.2, 0) is 9.16 Å². The second kappa shape index (κ2) is 9.96. The van der Waals surface area contributed by atoms with Crippen molar-refractivity contribution in [3.63, 3.8) is 0 Å². The van der Waals surface area contributed by atoms with Crippen LogP contribution in [0.15, 0.2) is 16.8 Å². The van der Waals surface area contributed by atoms with Crippen molar-refractivity contribution in [2.75, 3.05) is 13.7 Å². The van der Waals surface area contributed by atoms with E-state index in [1.54, 1.807) is 29.8 Å². The van der Waals surface area contributed by atoms with Gasteiger partial charge in [-0.05, 0) is 24.2 Å². The van der Waals surface area contributed by atoms with Crippen LogP contribution in [0.2, 0.25) is 18.1 Å². The number of rotatable bonds is 9. The summed E-state index contributed by atoms with van der Waals surface area (Å²) in [6.45, 7) is 18.6. The molecule has 2 atom stereocenters. The lowest BCUT2D eigenvalue weighted by molar-refractivity contribution is 0.0696. The highest BCUT2D eigenvalue weighted by Gasteiger charge is 2.37. The van der Waals surface area contributed by atoms with Crippen LogP contribution in [0.1, 0.15) is 58.2 Å². The third-order valence-corrected chi connectivity index (χ3v) is 12.1. The van der Waals surface area contributed by atoms with Gasteiger partial charge in [0.25, 0.3) is 0 Å². The van der Waals surface area contributed by atoms with Gasteiger partial charge in [-0.1, -0.05) is 47.6 Å². The van der Waals surface area contributed by atoms with E-state index < -0.39 is 8.32 Å². The minimum atomic E-state index is -1.75. The molecule has 0 N–H and O–H groups in total. The number of thiazole rings is 2. The summed E-state index contributed by atoms with van der Waals surface area (Å²) in [5, 5.41) is 6.51. The van der Waals surface area contributed by atoms with Gasteiger partial charge in [-0.15, -0.1) is 22.7 Å². The van der Waals surface area contributed by atoms with Crippen LogP contribution in [0.5, 0.6) is 0 Å². The highest BCUT2D eigenvalue weighted by atomic mass is 32.1. The van der Waals surface area contributed by atoms with Crippen molar-refractivity contribution in [1.29, 1.82) is 0 Å². The molecule has 0 bridgehead atoms. The molecular formula is C22H36N2O2S2Si. The van der Waals surface area contributed by atoms with Crippen molar-refractivity contribution in [2.24, 2.45) is 5.92 Å². The quantitative estimate of drug-likeness (QED) is 0.381. The van der Waals surface area contributed by atoms with Crippen molar-refractivity contribution in [1.82, 2.24) is 9.97 Å². The topological polar surface area (TPSA) is 44.2 Å². The van der Waals surface area contributed by atoms with E-state index in [0.717, 1.165) is 21.4 Å². The molecule has 162 valence electrons. The Morgan fingerprint density at radius 3 is 2.34 bits per heavy atom. The van der Waals surface area contributed by atoms with Gasteiger partial charge in [-0.3, -0.25) is 0 Å². The largest absolute Gasteiger partial charge is 0.416 e. The first kappa shape index (κ1) is 24.4. The van der Waals surface area contributed by atoms with Gasteiger partial charge in [-0.25, -0.2) is 9.97 Å². The maximum absolute atomic E-state index is 6.38. The Morgan fingerprint density at radius 2 is 1.79 bits per heavy atom. The molecule has 0 spiro atoms. The summed E-state index contributed by atoms with van der Waals surface area (Å²) in [6.07, 6.45) is 4.14. The van der Waals surface area contributed by atoms with Gasteiger partial charge in [-0.2, -0.15) is 0 Å². The SMILES string of the molecule is CO[C@@H](/C=C/c1csc(-c2csc(C(C)C)n2)n1)[C@H](C)CO[Si](C)(C)C(C)(C)C. The molecule has 0 amide bonds. The highest BCUT2D eigenvalue weighted by Crippen LogP contribution is 2.37. The molecule has 0 saturated carbocycles. The van der Waals surface area contributed by atoms with Gasteiger partial charge in [0.2, 0.25) is 0 Å². The molecule has 0 fully saturated rings. The van der Waals surface area contributed by atoms with Crippen LogP contribution in [0.25, 0.3) is 16.8 Å². The Labute approximate surface area is 185 Å². The molecule has 0 unspecified atom stereocenters. The summed E-state index contributed by atoms with van der Waals surface area (Å²) in [4.78, 5) is 9.44. The number of hydrogen-bond acceptors (Lipinski definition) is 6. The molecule has 7 heteroatoms. The fraction of sp³-hybridized carbons (Fsp3) is 0.636. The smallest absolute Gasteiger partial charge is 0.191 e. The number of methoxy groups -OCH3 is 1. The van der Waals surface area contributed by atoms with Gasteiger partial charge < -0.3 is 9.16 Å². The van der Waals surface area contributed by atoms with Crippen molar-refractivity contribution >= 4 is 37.1 Å². The van der Waals surface area contributed by atoms with E-state index in [1.807, 2.05) is 6.08 Å². The van der Waals surface area contributed by atoms with E-state index >= 15 is 0 Å². The van der Waals surface area contributed by atoms with Gasteiger partial charge in [0, 0.05) is 36.3 Å². The molecule has 4 nitrogen and oxygen atoms in total. The van der Waals surface area contributed by atoms with Gasteiger partial charge >= 0.3 is 0 Å². The first-order valence-electron chi connectivity index (χ1n) is 10.2. The molecule has 0 saturated heterocycles. The number of hydrogen-bond donors (Lipinski definition) is 0. The van der Waals surface area contributed by atoms with E-state index in [-0.39, 0.29) is 17.1 Å². The molecule has 0 radical (unpaired) electrons. The van der Waals surface area contributed by atoms with Crippen LogP contribution in [0, 0.1) is 5.92 Å². The number of aromatic nitrogens is 2. The summed E-state index contributed by atoms with van der Waals surface area (Å²) in [5.41, 5.74) is 1.92. The fourth-order valence-electron chi connectivity index (χ4n) is 2.48. The Balaban J connectivity index is 2.00. The van der Waals surface area contributed by atoms with Crippen LogP contribution in [0.3, 0.4) is 0 Å². The zero-order valence-electron chi connectivity index (χ0n) is 19.3. The zero-order chi connectivity index (χ0) is 21.8. The van der Waals surface area contributed by atoms with Crippen molar-refractivity contribution < 1.29 is 9.16 Å². The highest BCUT2D eigenvalue weighted by molar-refractivity contribution is 7.14. The van der Waals surface area contributed by atoms with E-state index in [9.17, 15) is 0 Å². The number of nitrogens with zero attached hydrogens (tertiary/aromatic N) is 2. The Hall–Kier alpha value is -0.863. The predicted molar refractivity (Wildman–Crippen MR) is 129 cm³/mol. The first-order valence-corrected chi connectivity index (χ1v) is 14.9. The average molecular weight is 453 g/mol. The second-order valence-corrected chi connectivity index (χ2v) is 16.0. The molecular weight excluding hydrogens is 416 g/mol. The monoisotopic (exact) mass is 452 g/mol. The Morgan fingerprint density at radius 1 is 1.10 bits per heavy atom. The Kier molecular flexibility index (Phi) is 8.38. The van der Waals surface area contributed by atoms with E-state index in [4.69, 9.17) is 19.1 Å². The average Bonchev–Trinajstić information content (AvgIpc) is 3.28. The van der Waals surface area contributed by atoms with Crippen molar-refractivity contribution in [2.45, 2.75) is 71.7 Å². The molecule has 0 aromatic carbocycles. The van der Waals surface area contributed by atoms with E-state index in [1.165, 1.54) is 0 Å². The molecule has 2 rings (SSSR count). The lowest BCUT2D eigenvalue weighted by atomic mass is 10.1. The maximum Gasteiger partial charge on any atom is 0.191 e. The van der Waals surface area contributed by atoms with Crippen molar-refractivity contribution in [3.05, 3.63) is 27.5 Å². The predicted octanol–water partition coefficient (Wildman–Crippen LogP) is 7.08. The van der Waals surface area contributed by atoms with E-state index in [2.05, 4.69) is 71.5 Å². The minimum absolute atomic E-state index is 0.00302.